The Bertz CT molecular complexity index is 661. The highest BCUT2D eigenvalue weighted by Crippen LogP contribution is 2.20. The molecule has 0 amide bonds. The average Bonchev–Trinajstić information content (AvgIpc) is 2.67. The van der Waals surface area contributed by atoms with Crippen LogP contribution in [-0.2, 0) is 0 Å². The molecule has 1 saturated heterocycles. The standard InChI is InChI=1S/C22H29NO3/c1-18-8-5-6-12-22(18)26-17-20(24)15-23-13-7-9-19(14-23)16-25-21-10-3-2-4-11-21/h2-6,8,10-12,19-20,24H,7,9,13-17H2,1H3. The lowest BCUT2D eigenvalue weighted by Gasteiger charge is -2.33. The van der Waals surface area contributed by atoms with E-state index >= 15 is 0 Å². The largest absolute Gasteiger partial charge is 0.493 e. The van der Waals surface area contributed by atoms with Gasteiger partial charge in [-0.25, -0.2) is 0 Å². The zero-order chi connectivity index (χ0) is 18.2. The van der Waals surface area contributed by atoms with Crippen molar-refractivity contribution >= 4 is 0 Å². The van der Waals surface area contributed by atoms with E-state index in [2.05, 4.69) is 4.90 Å². The summed E-state index contributed by atoms with van der Waals surface area (Å²) in [6.07, 6.45) is 1.84. The number of β-amino-alcohol motifs (C(OH)–C–C–N with tert-alkyl or cyclic N) is 1. The average molecular weight is 355 g/mol. The van der Waals surface area contributed by atoms with Crippen LogP contribution in [0.4, 0.5) is 0 Å². The van der Waals surface area contributed by atoms with Crippen molar-refractivity contribution in [3.63, 3.8) is 0 Å². The molecule has 0 saturated carbocycles. The number of aryl methyl sites for hydroxylation is 1. The quantitative estimate of drug-likeness (QED) is 0.787. The van der Waals surface area contributed by atoms with Crippen LogP contribution in [-0.4, -0.2) is 49.0 Å². The Hall–Kier alpha value is -2.04. The van der Waals surface area contributed by atoms with Gasteiger partial charge < -0.3 is 19.5 Å². The van der Waals surface area contributed by atoms with Crippen LogP contribution in [0.2, 0.25) is 0 Å². The lowest BCUT2D eigenvalue weighted by atomic mass is 9.98. The molecular weight excluding hydrogens is 326 g/mol. The molecule has 1 aliphatic heterocycles. The van der Waals surface area contributed by atoms with Crippen molar-refractivity contribution in [2.75, 3.05) is 32.8 Å². The molecule has 4 heteroatoms. The second-order valence-corrected chi connectivity index (χ2v) is 7.12. The predicted molar refractivity (Wildman–Crippen MR) is 104 cm³/mol. The van der Waals surface area contributed by atoms with E-state index in [9.17, 15) is 5.11 Å². The monoisotopic (exact) mass is 355 g/mol. The first-order chi connectivity index (χ1) is 12.7. The van der Waals surface area contributed by atoms with E-state index in [4.69, 9.17) is 9.47 Å². The molecule has 0 spiro atoms. The van der Waals surface area contributed by atoms with Gasteiger partial charge in [-0.2, -0.15) is 0 Å². The van der Waals surface area contributed by atoms with E-state index in [0.29, 0.717) is 19.1 Å². The number of benzene rings is 2. The molecule has 1 heterocycles. The number of para-hydroxylation sites is 2. The minimum absolute atomic E-state index is 0.326. The van der Waals surface area contributed by atoms with Gasteiger partial charge in [0.1, 0.15) is 24.2 Å². The SMILES string of the molecule is Cc1ccccc1OCC(O)CN1CCCC(COc2ccccc2)C1. The van der Waals surface area contributed by atoms with Gasteiger partial charge in [0.15, 0.2) is 0 Å². The highest BCUT2D eigenvalue weighted by atomic mass is 16.5. The minimum atomic E-state index is -0.483. The maximum absolute atomic E-state index is 10.3. The van der Waals surface area contributed by atoms with Crippen LogP contribution >= 0.6 is 0 Å². The van der Waals surface area contributed by atoms with E-state index in [0.717, 1.165) is 43.2 Å². The first kappa shape index (κ1) is 18.7. The van der Waals surface area contributed by atoms with Crippen molar-refractivity contribution in [2.45, 2.75) is 25.9 Å². The summed E-state index contributed by atoms with van der Waals surface area (Å²) in [4.78, 5) is 2.33. The lowest BCUT2D eigenvalue weighted by Crippen LogP contribution is -2.43. The van der Waals surface area contributed by atoms with Gasteiger partial charge in [0.2, 0.25) is 0 Å². The minimum Gasteiger partial charge on any atom is -0.493 e. The maximum atomic E-state index is 10.3. The van der Waals surface area contributed by atoms with Gasteiger partial charge in [0, 0.05) is 19.0 Å². The van der Waals surface area contributed by atoms with Gasteiger partial charge in [0.05, 0.1) is 6.61 Å². The molecule has 2 aromatic carbocycles. The summed E-state index contributed by atoms with van der Waals surface area (Å²) >= 11 is 0. The molecule has 26 heavy (non-hydrogen) atoms. The number of likely N-dealkylation sites (tertiary alicyclic amines) is 1. The van der Waals surface area contributed by atoms with Gasteiger partial charge in [-0.1, -0.05) is 36.4 Å². The van der Waals surface area contributed by atoms with Crippen molar-refractivity contribution in [3.8, 4) is 11.5 Å². The molecule has 0 aliphatic carbocycles. The van der Waals surface area contributed by atoms with E-state index in [1.165, 1.54) is 6.42 Å². The number of aliphatic hydroxyl groups excluding tert-OH is 1. The molecule has 1 N–H and O–H groups in total. The summed E-state index contributed by atoms with van der Waals surface area (Å²) in [5.74, 6) is 2.28. The number of piperidine rings is 1. The molecule has 3 rings (SSSR count). The highest BCUT2D eigenvalue weighted by molar-refractivity contribution is 5.31. The van der Waals surface area contributed by atoms with Gasteiger partial charge in [0.25, 0.3) is 0 Å². The topological polar surface area (TPSA) is 41.9 Å². The third kappa shape index (κ3) is 5.75. The maximum Gasteiger partial charge on any atom is 0.122 e. The summed E-state index contributed by atoms with van der Waals surface area (Å²) in [6, 6.07) is 17.9. The van der Waals surface area contributed by atoms with Crippen LogP contribution in [0.25, 0.3) is 0 Å². The van der Waals surface area contributed by atoms with Crippen LogP contribution in [0.3, 0.4) is 0 Å². The van der Waals surface area contributed by atoms with Crippen LogP contribution in [0.1, 0.15) is 18.4 Å². The van der Waals surface area contributed by atoms with Crippen LogP contribution in [0.15, 0.2) is 54.6 Å². The summed E-state index contributed by atoms with van der Waals surface area (Å²) < 4.78 is 11.7. The molecule has 2 atom stereocenters. The number of hydrogen-bond donors (Lipinski definition) is 1. The Morgan fingerprint density at radius 2 is 1.85 bits per heavy atom. The fraction of sp³-hybridized carbons (Fsp3) is 0.455. The Morgan fingerprint density at radius 1 is 1.08 bits per heavy atom. The molecule has 2 aromatic rings. The third-order valence-corrected chi connectivity index (χ3v) is 4.83. The van der Waals surface area contributed by atoms with Crippen LogP contribution in [0.5, 0.6) is 11.5 Å². The Balaban J connectivity index is 1.40. The molecule has 0 radical (unpaired) electrons. The van der Waals surface area contributed by atoms with Gasteiger partial charge in [-0.15, -0.1) is 0 Å². The second kappa shape index (κ2) is 9.60. The number of aliphatic hydroxyl groups is 1. The van der Waals surface area contributed by atoms with E-state index in [1.807, 2.05) is 61.5 Å². The Morgan fingerprint density at radius 3 is 2.65 bits per heavy atom. The Kier molecular flexibility index (Phi) is 6.92. The summed E-state index contributed by atoms with van der Waals surface area (Å²) in [6.45, 7) is 5.72. The first-order valence-corrected chi connectivity index (χ1v) is 9.47. The Labute approximate surface area is 156 Å². The van der Waals surface area contributed by atoms with Gasteiger partial charge in [-0.3, -0.25) is 0 Å². The summed E-state index contributed by atoms with van der Waals surface area (Å²) in [5, 5.41) is 10.3. The van der Waals surface area contributed by atoms with Crippen LogP contribution in [0, 0.1) is 12.8 Å². The van der Waals surface area contributed by atoms with E-state index in [1.54, 1.807) is 0 Å². The summed E-state index contributed by atoms with van der Waals surface area (Å²) in [7, 11) is 0. The zero-order valence-corrected chi connectivity index (χ0v) is 15.5. The second-order valence-electron chi connectivity index (χ2n) is 7.12. The fourth-order valence-corrected chi connectivity index (χ4v) is 3.44. The number of hydrogen-bond acceptors (Lipinski definition) is 4. The van der Waals surface area contributed by atoms with Crippen molar-refractivity contribution in [1.82, 2.24) is 4.90 Å². The van der Waals surface area contributed by atoms with E-state index in [-0.39, 0.29) is 0 Å². The molecular formula is C22H29NO3. The van der Waals surface area contributed by atoms with Gasteiger partial charge in [-0.05, 0) is 50.1 Å². The highest BCUT2D eigenvalue weighted by Gasteiger charge is 2.22. The molecule has 0 aromatic heterocycles. The molecule has 0 bridgehead atoms. The summed E-state index contributed by atoms with van der Waals surface area (Å²) in [5.41, 5.74) is 1.09. The van der Waals surface area contributed by atoms with Crippen LogP contribution < -0.4 is 9.47 Å². The molecule has 140 valence electrons. The smallest absolute Gasteiger partial charge is 0.122 e. The molecule has 2 unspecified atom stereocenters. The third-order valence-electron chi connectivity index (χ3n) is 4.83. The van der Waals surface area contributed by atoms with Crippen molar-refractivity contribution in [2.24, 2.45) is 5.92 Å². The fourth-order valence-electron chi connectivity index (χ4n) is 3.44. The number of ether oxygens (including phenoxy) is 2. The molecule has 4 nitrogen and oxygen atoms in total. The first-order valence-electron chi connectivity index (χ1n) is 9.47. The van der Waals surface area contributed by atoms with Crippen molar-refractivity contribution < 1.29 is 14.6 Å². The van der Waals surface area contributed by atoms with Gasteiger partial charge >= 0.3 is 0 Å². The lowest BCUT2D eigenvalue weighted by molar-refractivity contribution is 0.0450. The van der Waals surface area contributed by atoms with Crippen molar-refractivity contribution in [3.05, 3.63) is 60.2 Å². The predicted octanol–water partition coefficient (Wildman–Crippen LogP) is 3.53. The molecule has 1 aliphatic rings. The normalized spacial score (nSPS) is 19.1. The number of rotatable bonds is 8. The number of nitrogens with zero attached hydrogens (tertiary/aromatic N) is 1. The van der Waals surface area contributed by atoms with Crippen molar-refractivity contribution in [1.29, 1.82) is 0 Å². The molecule has 1 fully saturated rings. The van der Waals surface area contributed by atoms with E-state index < -0.39 is 6.10 Å². The zero-order valence-electron chi connectivity index (χ0n) is 15.5.